The van der Waals surface area contributed by atoms with Gasteiger partial charge < -0.3 is 5.32 Å². The van der Waals surface area contributed by atoms with E-state index in [0.717, 1.165) is 25.7 Å². The molecule has 0 atom stereocenters. The highest BCUT2D eigenvalue weighted by Crippen LogP contribution is 2.20. The maximum Gasteiger partial charge on any atom is 0.279 e. The zero-order chi connectivity index (χ0) is 18.8. The number of fused-ring (bicyclic) bond motifs is 1. The summed E-state index contributed by atoms with van der Waals surface area (Å²) in [7, 11) is 0. The number of nitrogens with zero attached hydrogens (tertiary/aromatic N) is 4. The minimum Gasteiger partial charge on any atom is -0.353 e. The Hall–Kier alpha value is -2.39. The zero-order valence-electron chi connectivity index (χ0n) is 14.3. The Balaban J connectivity index is 1.55. The van der Waals surface area contributed by atoms with Crippen molar-refractivity contribution in [2.75, 3.05) is 5.75 Å². The van der Waals surface area contributed by atoms with Crippen molar-refractivity contribution >= 4 is 35.0 Å². The Kier molecular flexibility index (Phi) is 5.13. The number of hydrogen-bond acceptors (Lipinski definition) is 6. The second-order valence-corrected chi connectivity index (χ2v) is 7.74. The summed E-state index contributed by atoms with van der Waals surface area (Å²) in [6.45, 7) is 0. The molecule has 2 N–H and O–H groups in total. The molecule has 140 valence electrons. The van der Waals surface area contributed by atoms with Gasteiger partial charge in [-0.3, -0.25) is 14.6 Å². The van der Waals surface area contributed by atoms with Crippen LogP contribution in [0.5, 0.6) is 0 Å². The van der Waals surface area contributed by atoms with Gasteiger partial charge in [0.2, 0.25) is 11.1 Å². The van der Waals surface area contributed by atoms with Crippen molar-refractivity contribution in [1.29, 1.82) is 0 Å². The minimum atomic E-state index is -0.368. The van der Waals surface area contributed by atoms with Gasteiger partial charge in [-0.05, 0) is 25.0 Å². The third-order valence-electron chi connectivity index (χ3n) is 4.42. The SMILES string of the molecule is O=C(CSc1nnc2[nH]c(=O)c(-c3ccc(Cl)cc3)nn12)NC1CCCC1. The van der Waals surface area contributed by atoms with Gasteiger partial charge in [0, 0.05) is 16.6 Å². The highest BCUT2D eigenvalue weighted by atomic mass is 35.5. The molecule has 0 aliphatic heterocycles. The van der Waals surface area contributed by atoms with Gasteiger partial charge in [0.05, 0.1) is 5.75 Å². The average molecular weight is 405 g/mol. The van der Waals surface area contributed by atoms with Crippen LogP contribution in [-0.2, 0) is 4.79 Å². The molecule has 3 aromatic rings. The molecule has 0 bridgehead atoms. The average Bonchev–Trinajstić information content (AvgIpc) is 3.29. The van der Waals surface area contributed by atoms with Gasteiger partial charge in [-0.15, -0.1) is 10.2 Å². The number of carbonyl (C=O) groups excluding carboxylic acids is 1. The van der Waals surface area contributed by atoms with Crippen LogP contribution < -0.4 is 10.9 Å². The summed E-state index contributed by atoms with van der Waals surface area (Å²) in [5.41, 5.74) is 0.496. The lowest BCUT2D eigenvalue weighted by Gasteiger charge is -2.10. The fourth-order valence-electron chi connectivity index (χ4n) is 3.10. The first-order chi connectivity index (χ1) is 13.1. The lowest BCUT2D eigenvalue weighted by Crippen LogP contribution is -2.33. The molecule has 2 aromatic heterocycles. The van der Waals surface area contributed by atoms with E-state index in [2.05, 4.69) is 25.6 Å². The second-order valence-electron chi connectivity index (χ2n) is 6.37. The van der Waals surface area contributed by atoms with Crippen molar-refractivity contribution in [2.24, 2.45) is 0 Å². The molecule has 1 saturated carbocycles. The van der Waals surface area contributed by atoms with E-state index in [9.17, 15) is 9.59 Å². The number of hydrogen-bond donors (Lipinski definition) is 2. The molecular weight excluding hydrogens is 388 g/mol. The van der Waals surface area contributed by atoms with Crippen molar-refractivity contribution in [2.45, 2.75) is 36.9 Å². The molecule has 0 saturated heterocycles. The predicted octanol–water partition coefficient (Wildman–Crippen LogP) is 2.28. The van der Waals surface area contributed by atoms with E-state index in [4.69, 9.17) is 11.6 Å². The fraction of sp³-hybridized carbons (Fsp3) is 0.353. The smallest absolute Gasteiger partial charge is 0.279 e. The Bertz CT molecular complexity index is 1030. The second kappa shape index (κ2) is 7.69. The molecule has 1 aliphatic rings. The van der Waals surface area contributed by atoms with Crippen LogP contribution in [0.4, 0.5) is 0 Å². The van der Waals surface area contributed by atoms with E-state index in [-0.39, 0.29) is 34.7 Å². The van der Waals surface area contributed by atoms with E-state index in [1.54, 1.807) is 24.3 Å². The summed E-state index contributed by atoms with van der Waals surface area (Å²) in [4.78, 5) is 27.1. The molecule has 10 heteroatoms. The number of amides is 1. The molecule has 8 nitrogen and oxygen atoms in total. The van der Waals surface area contributed by atoms with E-state index in [0.29, 0.717) is 15.7 Å². The van der Waals surface area contributed by atoms with Crippen LogP contribution in [0.2, 0.25) is 5.02 Å². The minimum absolute atomic E-state index is 0.0361. The number of nitrogens with one attached hydrogen (secondary N) is 2. The third-order valence-corrected chi connectivity index (χ3v) is 5.59. The highest BCUT2D eigenvalue weighted by Gasteiger charge is 2.18. The van der Waals surface area contributed by atoms with Crippen molar-refractivity contribution < 1.29 is 4.79 Å². The summed E-state index contributed by atoms with van der Waals surface area (Å²) in [6.07, 6.45) is 4.41. The summed E-state index contributed by atoms with van der Waals surface area (Å²) >= 11 is 7.13. The largest absolute Gasteiger partial charge is 0.353 e. The quantitative estimate of drug-likeness (QED) is 0.632. The highest BCUT2D eigenvalue weighted by molar-refractivity contribution is 7.99. The summed E-state index contributed by atoms with van der Waals surface area (Å²) in [5.74, 6) is 0.413. The Morgan fingerprint density at radius 1 is 1.26 bits per heavy atom. The van der Waals surface area contributed by atoms with Crippen molar-refractivity contribution in [1.82, 2.24) is 30.1 Å². The number of H-pyrrole nitrogens is 1. The lowest BCUT2D eigenvalue weighted by molar-refractivity contribution is -0.119. The summed E-state index contributed by atoms with van der Waals surface area (Å²) in [5, 5.41) is 16.4. The number of carbonyl (C=O) groups is 1. The van der Waals surface area contributed by atoms with Crippen molar-refractivity contribution in [3.8, 4) is 11.3 Å². The Morgan fingerprint density at radius 2 is 2.00 bits per heavy atom. The van der Waals surface area contributed by atoms with Crippen LogP contribution in [0, 0.1) is 0 Å². The van der Waals surface area contributed by atoms with Crippen molar-refractivity contribution in [3.05, 3.63) is 39.6 Å². The fourth-order valence-corrected chi connectivity index (χ4v) is 3.91. The number of benzene rings is 1. The van der Waals surface area contributed by atoms with Crippen LogP contribution in [-0.4, -0.2) is 42.5 Å². The van der Waals surface area contributed by atoms with Crippen molar-refractivity contribution in [3.63, 3.8) is 0 Å². The molecule has 0 spiro atoms. The van der Waals surface area contributed by atoms with E-state index < -0.39 is 0 Å². The zero-order valence-corrected chi connectivity index (χ0v) is 15.9. The van der Waals surface area contributed by atoms with E-state index >= 15 is 0 Å². The van der Waals surface area contributed by atoms with Gasteiger partial charge in [0.15, 0.2) is 5.69 Å². The summed E-state index contributed by atoms with van der Waals surface area (Å²) in [6, 6.07) is 7.10. The van der Waals surface area contributed by atoms with Gasteiger partial charge in [-0.2, -0.15) is 9.61 Å². The molecule has 1 amide bonds. The maximum atomic E-state index is 12.3. The maximum absolute atomic E-state index is 12.3. The Morgan fingerprint density at radius 3 is 2.74 bits per heavy atom. The van der Waals surface area contributed by atoms with Gasteiger partial charge >= 0.3 is 0 Å². The predicted molar refractivity (Wildman–Crippen MR) is 103 cm³/mol. The number of aromatic nitrogens is 5. The topological polar surface area (TPSA) is 105 Å². The normalized spacial score (nSPS) is 14.7. The first kappa shape index (κ1) is 18.0. The van der Waals surface area contributed by atoms with Crippen LogP contribution in [0.3, 0.4) is 0 Å². The standard InChI is InChI=1S/C17H17ClN6O2S/c18-11-7-5-10(6-8-11)14-15(26)20-16-21-22-17(24(16)23-14)27-9-13(25)19-12-3-1-2-4-12/h5-8,12H,1-4,9H2,(H,19,25)(H,20,21,26). The van der Waals surface area contributed by atoms with Crippen LogP contribution in [0.15, 0.2) is 34.2 Å². The van der Waals surface area contributed by atoms with Crippen LogP contribution in [0.25, 0.3) is 17.0 Å². The monoisotopic (exact) mass is 404 g/mol. The number of rotatable bonds is 5. The molecule has 0 radical (unpaired) electrons. The molecule has 27 heavy (non-hydrogen) atoms. The lowest BCUT2D eigenvalue weighted by atomic mass is 10.2. The first-order valence-corrected chi connectivity index (χ1v) is 10.0. The molecule has 2 heterocycles. The molecule has 0 unspecified atom stereocenters. The number of thioether (sulfide) groups is 1. The molecule has 1 aromatic carbocycles. The van der Waals surface area contributed by atoms with Gasteiger partial charge in [-0.1, -0.05) is 48.3 Å². The van der Waals surface area contributed by atoms with E-state index in [1.165, 1.54) is 16.3 Å². The molecule has 1 aliphatic carbocycles. The molecule has 1 fully saturated rings. The molecular formula is C17H17ClN6O2S. The van der Waals surface area contributed by atoms with Gasteiger partial charge in [0.1, 0.15) is 0 Å². The first-order valence-electron chi connectivity index (χ1n) is 8.64. The van der Waals surface area contributed by atoms with E-state index in [1.807, 2.05) is 0 Å². The number of aromatic amines is 1. The van der Waals surface area contributed by atoms with Crippen LogP contribution >= 0.6 is 23.4 Å². The van der Waals surface area contributed by atoms with Crippen LogP contribution in [0.1, 0.15) is 25.7 Å². The Labute approximate surface area is 163 Å². The summed E-state index contributed by atoms with van der Waals surface area (Å²) < 4.78 is 1.44. The van der Waals surface area contributed by atoms with Gasteiger partial charge in [-0.25, -0.2) is 0 Å². The van der Waals surface area contributed by atoms with Gasteiger partial charge in [0.25, 0.3) is 11.3 Å². The molecule has 4 rings (SSSR count). The third kappa shape index (κ3) is 3.98. The number of halogens is 1.